The van der Waals surface area contributed by atoms with Gasteiger partial charge in [0.1, 0.15) is 0 Å². The van der Waals surface area contributed by atoms with Crippen LogP contribution in [-0.4, -0.2) is 75.7 Å². The first-order valence-electron chi connectivity index (χ1n) is 11.5. The van der Waals surface area contributed by atoms with Crippen molar-refractivity contribution in [3.05, 3.63) is 29.6 Å². The number of hydrogen-bond donors (Lipinski definition) is 3. The van der Waals surface area contributed by atoms with E-state index in [1.807, 2.05) is 26.1 Å². The average molecular weight is 560 g/mol. The minimum Gasteiger partial charge on any atom is -0.475 e. The SMILES string of the molecule is Cc1cccnc1CN1CCC2(CC1)CC(NC(=O)OC(C)C)C2.O=C(O)C(F)(F)F.O=C(O)C(F)(F)F. The lowest BCUT2D eigenvalue weighted by molar-refractivity contribution is -0.193. The van der Waals surface area contributed by atoms with Crippen LogP contribution in [-0.2, 0) is 20.9 Å². The van der Waals surface area contributed by atoms with Crippen molar-refractivity contribution in [2.45, 2.75) is 77.5 Å². The number of aromatic nitrogens is 1. The molecular weight excluding hydrogens is 528 g/mol. The average Bonchev–Trinajstić information content (AvgIpc) is 2.74. The number of carbonyl (C=O) groups is 3. The summed E-state index contributed by atoms with van der Waals surface area (Å²) in [5.41, 5.74) is 2.90. The van der Waals surface area contributed by atoms with Crippen molar-refractivity contribution >= 4 is 18.0 Å². The van der Waals surface area contributed by atoms with Gasteiger partial charge < -0.3 is 20.3 Å². The Hall–Kier alpha value is -3.10. The number of likely N-dealkylation sites (tertiary alicyclic amines) is 1. The largest absolute Gasteiger partial charge is 0.490 e. The van der Waals surface area contributed by atoms with Crippen molar-refractivity contribution in [2.24, 2.45) is 5.41 Å². The normalized spacial score (nSPS) is 17.3. The standard InChI is InChI=1S/C19H29N3O2.2C2HF3O2/c1-14(2)24-18(23)21-16-11-19(12-16)6-9-22(10-7-19)13-17-15(3)5-4-8-20-17;2*3-2(4,5)1(6)7/h4-5,8,14,16H,6-7,9-13H2,1-3H3,(H,21,23);2*(H,6,7). The molecule has 0 aromatic carbocycles. The molecule has 2 heterocycles. The summed E-state index contributed by atoms with van der Waals surface area (Å²) in [6, 6.07) is 4.42. The molecule has 2 aliphatic rings. The number of hydrogen-bond acceptors (Lipinski definition) is 6. The van der Waals surface area contributed by atoms with E-state index in [1.165, 1.54) is 24.1 Å². The Labute approximate surface area is 215 Å². The number of carbonyl (C=O) groups excluding carboxylic acids is 1. The second-order valence-corrected chi connectivity index (χ2v) is 9.35. The maximum absolute atomic E-state index is 11.7. The number of carboxylic acids is 2. The van der Waals surface area contributed by atoms with Crippen molar-refractivity contribution in [3.63, 3.8) is 0 Å². The van der Waals surface area contributed by atoms with Crippen LogP contribution in [0.4, 0.5) is 31.1 Å². The molecule has 9 nitrogen and oxygen atoms in total. The molecule has 216 valence electrons. The summed E-state index contributed by atoms with van der Waals surface area (Å²) in [4.78, 5) is 36.5. The van der Waals surface area contributed by atoms with Crippen LogP contribution >= 0.6 is 0 Å². The highest BCUT2D eigenvalue weighted by atomic mass is 19.4. The predicted molar refractivity (Wildman–Crippen MR) is 121 cm³/mol. The molecule has 1 spiro atoms. The third-order valence-corrected chi connectivity index (χ3v) is 5.92. The molecule has 3 rings (SSSR count). The van der Waals surface area contributed by atoms with Gasteiger partial charge in [0, 0.05) is 18.8 Å². The summed E-state index contributed by atoms with van der Waals surface area (Å²) >= 11 is 0. The smallest absolute Gasteiger partial charge is 0.475 e. The minimum absolute atomic E-state index is 0.0580. The highest BCUT2D eigenvalue weighted by Crippen LogP contribution is 2.49. The summed E-state index contributed by atoms with van der Waals surface area (Å²) < 4.78 is 68.6. The second-order valence-electron chi connectivity index (χ2n) is 9.35. The van der Waals surface area contributed by atoms with Crippen LogP contribution < -0.4 is 5.32 Å². The number of ether oxygens (including phenoxy) is 1. The van der Waals surface area contributed by atoms with Crippen LogP contribution in [0.5, 0.6) is 0 Å². The maximum Gasteiger partial charge on any atom is 0.490 e. The lowest BCUT2D eigenvalue weighted by Crippen LogP contribution is -2.55. The fourth-order valence-electron chi connectivity index (χ4n) is 3.99. The van der Waals surface area contributed by atoms with Crippen LogP contribution in [0.2, 0.25) is 0 Å². The zero-order valence-corrected chi connectivity index (χ0v) is 21.0. The molecule has 0 radical (unpaired) electrons. The van der Waals surface area contributed by atoms with Gasteiger partial charge >= 0.3 is 30.4 Å². The highest BCUT2D eigenvalue weighted by molar-refractivity contribution is 5.73. The van der Waals surface area contributed by atoms with E-state index in [0.29, 0.717) is 11.5 Å². The van der Waals surface area contributed by atoms with Crippen LogP contribution in [0, 0.1) is 12.3 Å². The molecule has 38 heavy (non-hydrogen) atoms. The number of rotatable bonds is 4. The van der Waals surface area contributed by atoms with Crippen molar-refractivity contribution in [3.8, 4) is 0 Å². The molecule has 2 fully saturated rings. The molecule has 0 bridgehead atoms. The van der Waals surface area contributed by atoms with E-state index in [4.69, 9.17) is 24.5 Å². The van der Waals surface area contributed by atoms with Gasteiger partial charge in [0.25, 0.3) is 0 Å². The first kappa shape index (κ1) is 32.9. The summed E-state index contributed by atoms with van der Waals surface area (Å²) in [7, 11) is 0. The number of aliphatic carboxylic acids is 2. The van der Waals surface area contributed by atoms with Crippen molar-refractivity contribution in [1.82, 2.24) is 15.2 Å². The number of piperidine rings is 1. The number of pyridine rings is 1. The van der Waals surface area contributed by atoms with Gasteiger partial charge in [-0.05, 0) is 76.6 Å². The quantitative estimate of drug-likeness (QED) is 0.459. The van der Waals surface area contributed by atoms with Gasteiger partial charge in [-0.1, -0.05) is 6.07 Å². The second kappa shape index (κ2) is 13.6. The molecular formula is C23H31F6N3O6. The van der Waals surface area contributed by atoms with Gasteiger partial charge in [-0.25, -0.2) is 14.4 Å². The Balaban J connectivity index is 0.000000426. The van der Waals surface area contributed by atoms with Gasteiger partial charge in [-0.3, -0.25) is 9.88 Å². The maximum atomic E-state index is 11.7. The van der Waals surface area contributed by atoms with Crippen LogP contribution in [0.15, 0.2) is 18.3 Å². The van der Waals surface area contributed by atoms with Gasteiger partial charge in [0.2, 0.25) is 0 Å². The molecule has 0 atom stereocenters. The van der Waals surface area contributed by atoms with Crippen LogP contribution in [0.3, 0.4) is 0 Å². The number of aryl methyl sites for hydroxylation is 1. The number of halogens is 6. The summed E-state index contributed by atoms with van der Waals surface area (Å²) in [6.45, 7) is 9.08. The third kappa shape index (κ3) is 11.5. The van der Waals surface area contributed by atoms with Gasteiger partial charge in [-0.2, -0.15) is 26.3 Å². The molecule has 3 N–H and O–H groups in total. The van der Waals surface area contributed by atoms with E-state index < -0.39 is 24.3 Å². The minimum atomic E-state index is -5.08. The topological polar surface area (TPSA) is 129 Å². The van der Waals surface area contributed by atoms with Crippen LogP contribution in [0.25, 0.3) is 0 Å². The van der Waals surface area contributed by atoms with E-state index in [-0.39, 0.29) is 12.2 Å². The Bertz CT molecular complexity index is 914. The number of amides is 1. The number of alkyl carbamates (subject to hydrolysis) is 1. The Kier molecular flexibility index (Phi) is 11.8. The lowest BCUT2D eigenvalue weighted by Gasteiger charge is -2.52. The Morgan fingerprint density at radius 1 is 1.08 bits per heavy atom. The zero-order chi connectivity index (χ0) is 29.3. The molecule has 15 heteroatoms. The lowest BCUT2D eigenvalue weighted by atomic mass is 9.60. The Morgan fingerprint density at radius 2 is 1.55 bits per heavy atom. The Morgan fingerprint density at radius 3 is 1.95 bits per heavy atom. The van der Waals surface area contributed by atoms with E-state index in [9.17, 15) is 31.1 Å². The molecule has 1 saturated heterocycles. The highest BCUT2D eigenvalue weighted by Gasteiger charge is 2.46. The van der Waals surface area contributed by atoms with Crippen LogP contribution in [0.1, 0.15) is 50.8 Å². The van der Waals surface area contributed by atoms with E-state index in [2.05, 4.69) is 28.2 Å². The summed E-state index contributed by atoms with van der Waals surface area (Å²) in [5, 5.41) is 17.2. The number of nitrogens with zero attached hydrogens (tertiary/aromatic N) is 2. The number of nitrogens with one attached hydrogen (secondary N) is 1. The van der Waals surface area contributed by atoms with Crippen molar-refractivity contribution in [1.29, 1.82) is 0 Å². The van der Waals surface area contributed by atoms with Crippen molar-refractivity contribution < 1.29 is 55.7 Å². The zero-order valence-electron chi connectivity index (χ0n) is 21.0. The van der Waals surface area contributed by atoms with Gasteiger partial charge in [0.15, 0.2) is 0 Å². The first-order valence-corrected chi connectivity index (χ1v) is 11.5. The third-order valence-electron chi connectivity index (χ3n) is 5.92. The van der Waals surface area contributed by atoms with Crippen molar-refractivity contribution in [2.75, 3.05) is 13.1 Å². The van der Waals surface area contributed by atoms with E-state index in [1.54, 1.807) is 0 Å². The number of alkyl halides is 6. The molecule has 1 aliphatic heterocycles. The predicted octanol–water partition coefficient (Wildman–Crippen LogP) is 4.54. The molecule has 0 unspecified atom stereocenters. The summed E-state index contributed by atoms with van der Waals surface area (Å²) in [5.74, 6) is -5.51. The van der Waals surface area contributed by atoms with E-state index >= 15 is 0 Å². The first-order chi connectivity index (χ1) is 17.3. The fraction of sp³-hybridized carbons (Fsp3) is 0.652. The van der Waals surface area contributed by atoms with Gasteiger partial charge in [-0.15, -0.1) is 0 Å². The molecule has 1 saturated carbocycles. The molecule has 1 aliphatic carbocycles. The monoisotopic (exact) mass is 559 g/mol. The molecule has 1 aromatic heterocycles. The van der Waals surface area contributed by atoms with Gasteiger partial charge in [0.05, 0.1) is 11.8 Å². The van der Waals surface area contributed by atoms with E-state index in [0.717, 1.165) is 32.5 Å². The fourth-order valence-corrected chi connectivity index (χ4v) is 3.99. The molecule has 1 amide bonds. The molecule has 1 aromatic rings. The summed E-state index contributed by atoms with van der Waals surface area (Å²) in [6.07, 6.45) is -3.99. The number of carboxylic acid groups (broad SMARTS) is 2.